The third-order valence-electron chi connectivity index (χ3n) is 3.05. The van der Waals surface area contributed by atoms with Crippen LogP contribution < -0.4 is 0 Å². The van der Waals surface area contributed by atoms with Crippen molar-refractivity contribution in [2.45, 2.75) is 13.5 Å². The van der Waals surface area contributed by atoms with E-state index in [4.69, 9.17) is 0 Å². The Morgan fingerprint density at radius 3 is 2.50 bits per heavy atom. The van der Waals surface area contributed by atoms with Crippen LogP contribution in [0.15, 0.2) is 46.9 Å². The van der Waals surface area contributed by atoms with Gasteiger partial charge in [-0.25, -0.2) is 4.39 Å². The number of halogens is 2. The lowest BCUT2D eigenvalue weighted by Gasteiger charge is -2.18. The predicted molar refractivity (Wildman–Crippen MR) is 81.1 cm³/mol. The van der Waals surface area contributed by atoms with Crippen LogP contribution >= 0.6 is 15.9 Å². The first-order valence-corrected chi connectivity index (χ1v) is 7.03. The van der Waals surface area contributed by atoms with Crippen molar-refractivity contribution in [1.82, 2.24) is 4.90 Å². The Morgan fingerprint density at radius 1 is 1.20 bits per heavy atom. The smallest absolute Gasteiger partial charge is 0.256 e. The van der Waals surface area contributed by atoms with Crippen molar-refractivity contribution in [2.75, 3.05) is 7.05 Å². The van der Waals surface area contributed by atoms with Crippen molar-refractivity contribution in [3.8, 4) is 0 Å². The van der Waals surface area contributed by atoms with Gasteiger partial charge in [0.1, 0.15) is 5.82 Å². The maximum atomic E-state index is 13.7. The predicted octanol–water partition coefficient (Wildman–Crippen LogP) is 4.17. The van der Waals surface area contributed by atoms with Gasteiger partial charge in [-0.3, -0.25) is 4.79 Å². The molecule has 104 valence electrons. The molecular weight excluding hydrogens is 321 g/mol. The van der Waals surface area contributed by atoms with E-state index in [1.54, 1.807) is 13.1 Å². The van der Waals surface area contributed by atoms with Crippen molar-refractivity contribution in [1.29, 1.82) is 0 Å². The monoisotopic (exact) mass is 335 g/mol. The van der Waals surface area contributed by atoms with Crippen LogP contribution in [0.2, 0.25) is 0 Å². The zero-order valence-corrected chi connectivity index (χ0v) is 12.9. The van der Waals surface area contributed by atoms with Crippen LogP contribution in [-0.4, -0.2) is 17.9 Å². The van der Waals surface area contributed by atoms with Gasteiger partial charge in [0.25, 0.3) is 5.91 Å². The molecule has 0 aliphatic heterocycles. The molecule has 0 bridgehead atoms. The molecule has 0 spiro atoms. The second-order valence-electron chi connectivity index (χ2n) is 4.77. The van der Waals surface area contributed by atoms with Gasteiger partial charge in [0.05, 0.1) is 5.56 Å². The Bertz CT molecular complexity index is 625. The molecule has 2 aromatic rings. The van der Waals surface area contributed by atoms with Gasteiger partial charge >= 0.3 is 0 Å². The fraction of sp³-hybridized carbons (Fsp3) is 0.188. The highest BCUT2D eigenvalue weighted by molar-refractivity contribution is 9.10. The van der Waals surface area contributed by atoms with E-state index in [0.717, 1.165) is 5.56 Å². The molecule has 0 N–H and O–H groups in total. The molecule has 2 aromatic carbocycles. The van der Waals surface area contributed by atoms with Crippen molar-refractivity contribution >= 4 is 21.8 Å². The van der Waals surface area contributed by atoms with Gasteiger partial charge in [0, 0.05) is 18.1 Å². The summed E-state index contributed by atoms with van der Waals surface area (Å²) in [5.74, 6) is -0.835. The first kappa shape index (κ1) is 14.7. The van der Waals surface area contributed by atoms with E-state index in [0.29, 0.717) is 11.0 Å². The molecule has 0 unspecified atom stereocenters. The largest absolute Gasteiger partial charge is 0.337 e. The van der Waals surface area contributed by atoms with Gasteiger partial charge in [-0.2, -0.15) is 0 Å². The summed E-state index contributed by atoms with van der Waals surface area (Å²) < 4.78 is 14.4. The maximum Gasteiger partial charge on any atom is 0.256 e. The summed E-state index contributed by atoms with van der Waals surface area (Å²) in [6.45, 7) is 2.46. The first-order valence-electron chi connectivity index (χ1n) is 6.23. The Labute approximate surface area is 126 Å². The molecule has 2 rings (SSSR count). The second kappa shape index (κ2) is 6.18. The summed E-state index contributed by atoms with van der Waals surface area (Å²) in [4.78, 5) is 13.8. The van der Waals surface area contributed by atoms with Crippen LogP contribution in [-0.2, 0) is 6.54 Å². The summed E-state index contributed by atoms with van der Waals surface area (Å²) in [6, 6.07) is 12.3. The standard InChI is InChI=1S/C16H15BrFNO/c1-11-3-5-12(6-4-11)10-19(2)16(20)14-9-13(17)7-8-15(14)18/h3-9H,10H2,1-2H3. The number of aryl methyl sites for hydroxylation is 1. The maximum absolute atomic E-state index is 13.7. The highest BCUT2D eigenvalue weighted by Crippen LogP contribution is 2.18. The molecule has 0 aromatic heterocycles. The first-order chi connectivity index (χ1) is 9.47. The molecule has 4 heteroatoms. The minimum atomic E-state index is -0.506. The molecule has 2 nitrogen and oxygen atoms in total. The van der Waals surface area contributed by atoms with Crippen LogP contribution in [0.25, 0.3) is 0 Å². The van der Waals surface area contributed by atoms with E-state index in [-0.39, 0.29) is 11.5 Å². The van der Waals surface area contributed by atoms with Crippen LogP contribution in [0, 0.1) is 12.7 Å². The zero-order valence-electron chi connectivity index (χ0n) is 11.4. The molecule has 0 aliphatic rings. The average molecular weight is 336 g/mol. The van der Waals surface area contributed by atoms with Crippen LogP contribution in [0.3, 0.4) is 0 Å². The summed E-state index contributed by atoms with van der Waals surface area (Å²) in [5.41, 5.74) is 2.26. The van der Waals surface area contributed by atoms with Gasteiger partial charge in [-0.1, -0.05) is 45.8 Å². The Morgan fingerprint density at radius 2 is 1.85 bits per heavy atom. The lowest BCUT2D eigenvalue weighted by atomic mass is 10.1. The Hall–Kier alpha value is -1.68. The quantitative estimate of drug-likeness (QED) is 0.824. The Kier molecular flexibility index (Phi) is 4.55. The van der Waals surface area contributed by atoms with Gasteiger partial charge < -0.3 is 4.90 Å². The van der Waals surface area contributed by atoms with E-state index in [2.05, 4.69) is 15.9 Å². The van der Waals surface area contributed by atoms with Gasteiger partial charge in [-0.15, -0.1) is 0 Å². The van der Waals surface area contributed by atoms with Gasteiger partial charge in [-0.05, 0) is 30.7 Å². The fourth-order valence-corrected chi connectivity index (χ4v) is 2.27. The molecule has 0 aliphatic carbocycles. The van der Waals surface area contributed by atoms with Crippen molar-refractivity contribution < 1.29 is 9.18 Å². The summed E-state index contributed by atoms with van der Waals surface area (Å²) in [6.07, 6.45) is 0. The minimum Gasteiger partial charge on any atom is -0.337 e. The van der Waals surface area contributed by atoms with E-state index in [1.165, 1.54) is 22.6 Å². The molecular formula is C16H15BrFNO. The minimum absolute atomic E-state index is 0.0778. The summed E-state index contributed by atoms with van der Waals surface area (Å²) >= 11 is 3.25. The Balaban J connectivity index is 2.16. The van der Waals surface area contributed by atoms with E-state index < -0.39 is 5.82 Å². The van der Waals surface area contributed by atoms with Gasteiger partial charge in [0.2, 0.25) is 0 Å². The number of carbonyl (C=O) groups is 1. The van der Waals surface area contributed by atoms with Crippen LogP contribution in [0.4, 0.5) is 4.39 Å². The molecule has 20 heavy (non-hydrogen) atoms. The van der Waals surface area contributed by atoms with Crippen molar-refractivity contribution in [3.05, 3.63) is 69.4 Å². The molecule has 1 amide bonds. The van der Waals surface area contributed by atoms with E-state index in [1.807, 2.05) is 31.2 Å². The molecule has 0 heterocycles. The normalized spacial score (nSPS) is 10.4. The second-order valence-corrected chi connectivity index (χ2v) is 5.69. The number of rotatable bonds is 3. The van der Waals surface area contributed by atoms with Crippen LogP contribution in [0.1, 0.15) is 21.5 Å². The lowest BCUT2D eigenvalue weighted by molar-refractivity contribution is 0.0780. The summed E-state index contributed by atoms with van der Waals surface area (Å²) in [7, 11) is 1.67. The SMILES string of the molecule is Cc1ccc(CN(C)C(=O)c2cc(Br)ccc2F)cc1. The van der Waals surface area contributed by atoms with Crippen molar-refractivity contribution in [2.24, 2.45) is 0 Å². The average Bonchev–Trinajstić information content (AvgIpc) is 2.43. The topological polar surface area (TPSA) is 20.3 Å². The molecule has 0 fully saturated rings. The molecule has 0 saturated heterocycles. The molecule has 0 atom stereocenters. The van der Waals surface area contributed by atoms with Crippen LogP contribution in [0.5, 0.6) is 0 Å². The zero-order chi connectivity index (χ0) is 14.7. The number of amides is 1. The number of carbonyl (C=O) groups excluding carboxylic acids is 1. The lowest BCUT2D eigenvalue weighted by Crippen LogP contribution is -2.27. The highest BCUT2D eigenvalue weighted by atomic mass is 79.9. The number of benzene rings is 2. The number of hydrogen-bond donors (Lipinski definition) is 0. The third-order valence-corrected chi connectivity index (χ3v) is 3.54. The third kappa shape index (κ3) is 3.45. The van der Waals surface area contributed by atoms with Crippen molar-refractivity contribution in [3.63, 3.8) is 0 Å². The van der Waals surface area contributed by atoms with E-state index >= 15 is 0 Å². The molecule has 0 saturated carbocycles. The fourth-order valence-electron chi connectivity index (χ4n) is 1.91. The van der Waals surface area contributed by atoms with E-state index in [9.17, 15) is 9.18 Å². The molecule has 0 radical (unpaired) electrons. The highest BCUT2D eigenvalue weighted by Gasteiger charge is 2.16. The van der Waals surface area contributed by atoms with Gasteiger partial charge in [0.15, 0.2) is 0 Å². The number of nitrogens with zero attached hydrogens (tertiary/aromatic N) is 1. The number of hydrogen-bond acceptors (Lipinski definition) is 1. The summed E-state index contributed by atoms with van der Waals surface area (Å²) in [5, 5.41) is 0.